The van der Waals surface area contributed by atoms with E-state index in [9.17, 15) is 30.6 Å². The first kappa shape index (κ1) is 21.3. The summed E-state index contributed by atoms with van der Waals surface area (Å²) in [5.74, 6) is 0. The standard InChI is InChI=1S/C14H26O10S/c1-21-13-9(19)11(7(17)5(3-15)23-13)25-12-8(18)6(4-16)24-14(22-2)10(12)20/h5-20H,3-4H2,1-2H3/t5-,6-,7-,8-,9-,10-,11+,12+,13-,14?/m1/s1. The van der Waals surface area contributed by atoms with E-state index >= 15 is 0 Å². The van der Waals surface area contributed by atoms with E-state index in [1.54, 1.807) is 0 Å². The lowest BCUT2D eigenvalue weighted by Gasteiger charge is -2.46. The van der Waals surface area contributed by atoms with Crippen LogP contribution < -0.4 is 0 Å². The second-order valence-corrected chi connectivity index (χ2v) is 7.31. The molecule has 0 aliphatic carbocycles. The highest BCUT2D eigenvalue weighted by molar-refractivity contribution is 8.00. The Morgan fingerprint density at radius 2 is 1.08 bits per heavy atom. The second kappa shape index (κ2) is 9.24. The van der Waals surface area contributed by atoms with E-state index < -0.39 is 72.9 Å². The summed E-state index contributed by atoms with van der Waals surface area (Å²) in [4.78, 5) is 0. The van der Waals surface area contributed by atoms with Crippen LogP contribution >= 0.6 is 11.8 Å². The van der Waals surface area contributed by atoms with Crippen LogP contribution in [0.2, 0.25) is 0 Å². The normalized spacial score (nSPS) is 48.5. The average molecular weight is 386 g/mol. The smallest absolute Gasteiger partial charge is 0.184 e. The number of aliphatic hydroxyl groups is 6. The highest BCUT2D eigenvalue weighted by Crippen LogP contribution is 2.38. The minimum atomic E-state index is -1.27. The van der Waals surface area contributed by atoms with Gasteiger partial charge in [-0.15, -0.1) is 11.8 Å². The molecule has 2 aliphatic rings. The maximum absolute atomic E-state index is 10.4. The molecule has 0 spiro atoms. The molecule has 6 N–H and O–H groups in total. The maximum Gasteiger partial charge on any atom is 0.184 e. The zero-order valence-corrected chi connectivity index (χ0v) is 14.7. The summed E-state index contributed by atoms with van der Waals surface area (Å²) in [5.41, 5.74) is 0. The summed E-state index contributed by atoms with van der Waals surface area (Å²) in [7, 11) is 2.62. The van der Waals surface area contributed by atoms with Crippen molar-refractivity contribution in [3.05, 3.63) is 0 Å². The predicted molar refractivity (Wildman–Crippen MR) is 84.7 cm³/mol. The lowest BCUT2D eigenvalue weighted by Crippen LogP contribution is -2.62. The van der Waals surface area contributed by atoms with Crippen molar-refractivity contribution in [1.82, 2.24) is 0 Å². The van der Waals surface area contributed by atoms with Gasteiger partial charge < -0.3 is 49.6 Å². The van der Waals surface area contributed by atoms with Gasteiger partial charge in [-0.05, 0) is 0 Å². The quantitative estimate of drug-likeness (QED) is 0.271. The topological polar surface area (TPSA) is 158 Å². The molecule has 2 heterocycles. The Hall–Kier alpha value is -0.0500. The molecule has 148 valence electrons. The second-order valence-electron chi connectivity index (χ2n) is 5.95. The minimum absolute atomic E-state index is 0.496. The van der Waals surface area contributed by atoms with Crippen LogP contribution in [0.3, 0.4) is 0 Å². The van der Waals surface area contributed by atoms with Gasteiger partial charge in [0.05, 0.1) is 35.9 Å². The lowest BCUT2D eigenvalue weighted by molar-refractivity contribution is -0.262. The highest BCUT2D eigenvalue weighted by Gasteiger charge is 2.51. The van der Waals surface area contributed by atoms with E-state index in [-0.39, 0.29) is 0 Å². The van der Waals surface area contributed by atoms with Gasteiger partial charge in [-0.2, -0.15) is 0 Å². The molecule has 0 aromatic carbocycles. The zero-order chi connectivity index (χ0) is 18.7. The molecule has 11 heteroatoms. The van der Waals surface area contributed by atoms with Crippen LogP contribution in [0.5, 0.6) is 0 Å². The van der Waals surface area contributed by atoms with Gasteiger partial charge in [0.2, 0.25) is 0 Å². The van der Waals surface area contributed by atoms with E-state index in [0.717, 1.165) is 11.8 Å². The monoisotopic (exact) mass is 386 g/mol. The van der Waals surface area contributed by atoms with E-state index in [0.29, 0.717) is 0 Å². The molecule has 10 atom stereocenters. The Morgan fingerprint density at radius 3 is 1.36 bits per heavy atom. The number of methoxy groups -OCH3 is 2. The SMILES string of the molecule is COC1O[C@H](CO)[C@@H](O)[C@H](S[C@@H]2[C@@H](O)[C@H](OC)O[C@H](CO)[C@H]2O)[C@H]1O. The fourth-order valence-corrected chi connectivity index (χ4v) is 4.61. The zero-order valence-electron chi connectivity index (χ0n) is 13.9. The summed E-state index contributed by atoms with van der Waals surface area (Å²) >= 11 is 0.908. The van der Waals surface area contributed by atoms with E-state index in [4.69, 9.17) is 18.9 Å². The minimum Gasteiger partial charge on any atom is -0.394 e. The third kappa shape index (κ3) is 4.28. The van der Waals surface area contributed by atoms with Gasteiger partial charge in [0.15, 0.2) is 12.6 Å². The number of rotatable bonds is 6. The third-order valence-corrected chi connectivity index (χ3v) is 6.17. The van der Waals surface area contributed by atoms with Crippen LogP contribution in [-0.4, -0.2) is 118 Å². The van der Waals surface area contributed by atoms with Crippen molar-refractivity contribution in [1.29, 1.82) is 0 Å². The Kier molecular flexibility index (Phi) is 7.85. The molecule has 10 nitrogen and oxygen atoms in total. The van der Waals surface area contributed by atoms with Crippen molar-refractivity contribution < 1.29 is 49.6 Å². The molecule has 2 aliphatic heterocycles. The van der Waals surface area contributed by atoms with Crippen LogP contribution in [-0.2, 0) is 18.9 Å². The first-order valence-electron chi connectivity index (χ1n) is 7.85. The van der Waals surface area contributed by atoms with Crippen LogP contribution in [0, 0.1) is 0 Å². The molecule has 1 unspecified atom stereocenters. The van der Waals surface area contributed by atoms with Crippen LogP contribution in [0.4, 0.5) is 0 Å². The van der Waals surface area contributed by atoms with Crippen LogP contribution in [0.15, 0.2) is 0 Å². The van der Waals surface area contributed by atoms with Gasteiger partial charge in [-0.1, -0.05) is 0 Å². The van der Waals surface area contributed by atoms with Gasteiger partial charge in [0, 0.05) is 14.2 Å². The molecular weight excluding hydrogens is 360 g/mol. The van der Waals surface area contributed by atoms with Crippen molar-refractivity contribution in [2.45, 2.75) is 59.7 Å². The average Bonchev–Trinajstić information content (AvgIpc) is 2.61. The summed E-state index contributed by atoms with van der Waals surface area (Å²) in [6.45, 7) is -0.993. The van der Waals surface area contributed by atoms with Gasteiger partial charge in [-0.25, -0.2) is 0 Å². The molecule has 0 saturated carbocycles. The molecule has 2 rings (SSSR count). The van der Waals surface area contributed by atoms with E-state index in [2.05, 4.69) is 0 Å². The van der Waals surface area contributed by atoms with Crippen molar-refractivity contribution in [3.63, 3.8) is 0 Å². The maximum atomic E-state index is 10.4. The molecule has 0 radical (unpaired) electrons. The highest BCUT2D eigenvalue weighted by atomic mass is 32.2. The van der Waals surface area contributed by atoms with Gasteiger partial charge in [-0.3, -0.25) is 0 Å². The first-order chi connectivity index (χ1) is 11.9. The number of thioether (sulfide) groups is 1. The van der Waals surface area contributed by atoms with Crippen molar-refractivity contribution in [2.24, 2.45) is 0 Å². The fourth-order valence-electron chi connectivity index (χ4n) is 3.00. The summed E-state index contributed by atoms with van der Waals surface area (Å²) in [6.07, 6.45) is -9.25. The number of ether oxygens (including phenoxy) is 4. The first-order valence-corrected chi connectivity index (χ1v) is 8.79. The Labute approximate surface area is 149 Å². The molecule has 0 aromatic rings. The Bertz CT molecular complexity index is 347. The van der Waals surface area contributed by atoms with Crippen LogP contribution in [0.25, 0.3) is 0 Å². The number of aliphatic hydroxyl groups excluding tert-OH is 6. The molecule has 0 aromatic heterocycles. The number of hydrogen-bond acceptors (Lipinski definition) is 11. The summed E-state index contributed by atoms with van der Waals surface area (Å²) in [5, 5.41) is 58.3. The number of hydrogen-bond donors (Lipinski definition) is 6. The van der Waals surface area contributed by atoms with E-state index in [1.807, 2.05) is 0 Å². The Balaban J connectivity index is 2.20. The summed E-state index contributed by atoms with van der Waals surface area (Å²) < 4.78 is 20.6. The van der Waals surface area contributed by atoms with Gasteiger partial charge in [0.1, 0.15) is 24.4 Å². The molecule has 25 heavy (non-hydrogen) atoms. The van der Waals surface area contributed by atoms with Crippen molar-refractivity contribution in [3.8, 4) is 0 Å². The van der Waals surface area contributed by atoms with E-state index in [1.165, 1.54) is 14.2 Å². The van der Waals surface area contributed by atoms with Gasteiger partial charge >= 0.3 is 0 Å². The molecule has 2 fully saturated rings. The largest absolute Gasteiger partial charge is 0.394 e. The van der Waals surface area contributed by atoms with Gasteiger partial charge in [0.25, 0.3) is 0 Å². The fraction of sp³-hybridized carbons (Fsp3) is 1.00. The summed E-state index contributed by atoms with van der Waals surface area (Å²) in [6, 6.07) is 0. The van der Waals surface area contributed by atoms with Crippen molar-refractivity contribution >= 4 is 11.8 Å². The third-order valence-electron chi connectivity index (χ3n) is 4.42. The van der Waals surface area contributed by atoms with Crippen LogP contribution in [0.1, 0.15) is 0 Å². The molecule has 0 amide bonds. The molecule has 0 bridgehead atoms. The molecular formula is C14H26O10S. The molecule has 2 saturated heterocycles. The van der Waals surface area contributed by atoms with Crippen molar-refractivity contribution in [2.75, 3.05) is 27.4 Å². The lowest BCUT2D eigenvalue weighted by atomic mass is 10.0. The predicted octanol–water partition coefficient (Wildman–Crippen LogP) is -3.37. The Morgan fingerprint density at radius 1 is 0.720 bits per heavy atom.